The molecule has 4 aliphatic rings. The van der Waals surface area contributed by atoms with Gasteiger partial charge >= 0.3 is 5.97 Å². The number of carboxylic acids is 1. The van der Waals surface area contributed by atoms with Crippen molar-refractivity contribution in [2.75, 3.05) is 26.2 Å². The Morgan fingerprint density at radius 2 is 2.03 bits per heavy atom. The van der Waals surface area contributed by atoms with Crippen LogP contribution in [0.1, 0.15) is 27.2 Å². The van der Waals surface area contributed by atoms with Gasteiger partial charge in [0.25, 0.3) is 0 Å². The molecule has 0 bridgehead atoms. The zero-order chi connectivity index (χ0) is 23.3. The van der Waals surface area contributed by atoms with Gasteiger partial charge in [0, 0.05) is 48.3 Å². The molecule has 3 fully saturated rings. The quantitative estimate of drug-likeness (QED) is 0.239. The summed E-state index contributed by atoms with van der Waals surface area (Å²) in [5, 5.41) is 30.5. The summed E-state index contributed by atoms with van der Waals surface area (Å²) in [5.41, 5.74) is 0.0285. The van der Waals surface area contributed by atoms with Crippen LogP contribution in [0.5, 0.6) is 0 Å². The Morgan fingerprint density at radius 1 is 1.31 bits per heavy atom. The van der Waals surface area contributed by atoms with Gasteiger partial charge in [0.2, 0.25) is 11.8 Å². The van der Waals surface area contributed by atoms with Crippen molar-refractivity contribution in [1.82, 2.24) is 20.0 Å². The van der Waals surface area contributed by atoms with E-state index in [1.807, 2.05) is 23.6 Å². The smallest absolute Gasteiger partial charge is 0.353 e. The maximum absolute atomic E-state index is 13.0. The fourth-order valence-electron chi connectivity index (χ4n) is 5.42. The van der Waals surface area contributed by atoms with Gasteiger partial charge in [-0.05, 0) is 20.3 Å². The number of carbonyl (C=O) groups is 3. The molecule has 4 rings (SSSR count). The monoisotopic (exact) mass is 465 g/mol. The van der Waals surface area contributed by atoms with Crippen molar-refractivity contribution in [3.05, 3.63) is 10.6 Å². The first-order chi connectivity index (χ1) is 15.1. The molecule has 4 N–H and O–H groups in total. The summed E-state index contributed by atoms with van der Waals surface area (Å²) < 4.78 is 0. The number of hydrogen-bond donors (Lipinski definition) is 4. The average molecular weight is 466 g/mol. The van der Waals surface area contributed by atoms with E-state index in [4.69, 9.17) is 5.41 Å². The van der Waals surface area contributed by atoms with Crippen molar-refractivity contribution in [3.63, 3.8) is 0 Å². The summed E-state index contributed by atoms with van der Waals surface area (Å²) in [5.74, 6) is -2.16. The molecule has 32 heavy (non-hydrogen) atoms. The van der Waals surface area contributed by atoms with Crippen LogP contribution in [-0.2, 0) is 14.4 Å². The molecular formula is C21H31N5O5S. The third-order valence-electron chi connectivity index (χ3n) is 7.15. The highest BCUT2D eigenvalue weighted by atomic mass is 32.2. The largest absolute Gasteiger partial charge is 0.477 e. The standard InChI is InChI=1S/C21H31N5O5S/c1-10-8-24(4-5-25(10)9-22)19(28)14-6-13(7-23-14)32-18-11(2)16-15(12(3)27)20(29)26(16)17(18)21(30)31/h9-16,22-23,27H,4-8H2,1-3H3,(H,30,31). The van der Waals surface area contributed by atoms with Crippen LogP contribution >= 0.6 is 11.8 Å². The van der Waals surface area contributed by atoms with Crippen LogP contribution in [0.4, 0.5) is 0 Å². The van der Waals surface area contributed by atoms with Crippen LogP contribution in [0.15, 0.2) is 10.6 Å². The van der Waals surface area contributed by atoms with E-state index in [1.165, 1.54) is 23.0 Å². The number of amides is 2. The zero-order valence-electron chi connectivity index (χ0n) is 18.5. The second-order valence-electron chi connectivity index (χ2n) is 9.21. The first kappa shape index (κ1) is 23.1. The number of aliphatic carboxylic acids is 1. The number of aliphatic hydroxyl groups is 1. The molecule has 10 nitrogen and oxygen atoms in total. The minimum absolute atomic E-state index is 0.0230. The number of nitrogens with one attached hydrogen (secondary N) is 2. The molecule has 7 unspecified atom stereocenters. The number of fused-ring (bicyclic) bond motifs is 1. The Labute approximate surface area is 191 Å². The summed E-state index contributed by atoms with van der Waals surface area (Å²) >= 11 is 1.45. The van der Waals surface area contributed by atoms with Gasteiger partial charge in [0.15, 0.2) is 0 Å². The Bertz CT molecular complexity index is 864. The van der Waals surface area contributed by atoms with E-state index >= 15 is 0 Å². The third kappa shape index (κ3) is 3.69. The Morgan fingerprint density at radius 3 is 2.62 bits per heavy atom. The molecule has 0 aromatic rings. The highest BCUT2D eigenvalue weighted by Gasteiger charge is 2.60. The van der Waals surface area contributed by atoms with E-state index in [-0.39, 0.29) is 46.8 Å². The molecular weight excluding hydrogens is 434 g/mol. The summed E-state index contributed by atoms with van der Waals surface area (Å²) in [7, 11) is 0. The van der Waals surface area contributed by atoms with Crippen LogP contribution in [0.25, 0.3) is 0 Å². The van der Waals surface area contributed by atoms with E-state index in [0.717, 1.165) is 0 Å². The number of aliphatic hydroxyl groups excluding tert-OH is 1. The van der Waals surface area contributed by atoms with Crippen molar-refractivity contribution >= 4 is 35.9 Å². The van der Waals surface area contributed by atoms with Gasteiger partial charge in [-0.15, -0.1) is 11.8 Å². The molecule has 0 aliphatic carbocycles. The van der Waals surface area contributed by atoms with Crippen molar-refractivity contribution in [2.24, 2.45) is 11.8 Å². The van der Waals surface area contributed by atoms with E-state index < -0.39 is 18.0 Å². The lowest BCUT2D eigenvalue weighted by Gasteiger charge is -2.46. The van der Waals surface area contributed by atoms with Crippen LogP contribution < -0.4 is 5.32 Å². The minimum atomic E-state index is -1.13. The number of β-lactam (4-membered cyclic amide) rings is 1. The van der Waals surface area contributed by atoms with Gasteiger partial charge < -0.3 is 30.2 Å². The summed E-state index contributed by atoms with van der Waals surface area (Å²) in [4.78, 5) is 43.3. The zero-order valence-corrected chi connectivity index (χ0v) is 19.3. The van der Waals surface area contributed by atoms with E-state index in [2.05, 4.69) is 5.32 Å². The lowest BCUT2D eigenvalue weighted by atomic mass is 9.79. The first-order valence-electron chi connectivity index (χ1n) is 11.1. The number of thioether (sulfide) groups is 1. The minimum Gasteiger partial charge on any atom is -0.477 e. The first-order valence-corrected chi connectivity index (χ1v) is 12.0. The number of nitrogens with zero attached hydrogens (tertiary/aromatic N) is 3. The molecule has 4 aliphatic heterocycles. The summed E-state index contributed by atoms with van der Waals surface area (Å²) in [6.07, 6.45) is 1.08. The number of piperazine rings is 1. The Balaban J connectivity index is 1.42. The van der Waals surface area contributed by atoms with Gasteiger partial charge in [-0.25, -0.2) is 4.79 Å². The number of carboxylic acid groups (broad SMARTS) is 1. The summed E-state index contributed by atoms with van der Waals surface area (Å²) in [6.45, 7) is 7.86. The predicted octanol–water partition coefficient (Wildman–Crippen LogP) is -0.256. The number of hydrogen-bond acceptors (Lipinski definition) is 7. The highest BCUT2D eigenvalue weighted by Crippen LogP contribution is 2.51. The average Bonchev–Trinajstić information content (AvgIpc) is 3.29. The molecule has 2 amide bonds. The molecule has 0 aromatic heterocycles. The van der Waals surface area contributed by atoms with Crippen molar-refractivity contribution in [1.29, 1.82) is 5.41 Å². The maximum atomic E-state index is 13.0. The van der Waals surface area contributed by atoms with Gasteiger partial charge in [-0.1, -0.05) is 6.92 Å². The Hall–Kier alpha value is -2.11. The van der Waals surface area contributed by atoms with Crippen LogP contribution in [0.3, 0.4) is 0 Å². The van der Waals surface area contributed by atoms with Gasteiger partial charge in [-0.3, -0.25) is 15.0 Å². The van der Waals surface area contributed by atoms with E-state index in [0.29, 0.717) is 37.5 Å². The van der Waals surface area contributed by atoms with Crippen molar-refractivity contribution in [2.45, 2.75) is 56.7 Å². The van der Waals surface area contributed by atoms with E-state index in [1.54, 1.807) is 6.92 Å². The van der Waals surface area contributed by atoms with Gasteiger partial charge in [0.1, 0.15) is 5.70 Å². The summed E-state index contributed by atoms with van der Waals surface area (Å²) in [6, 6.07) is -0.543. The second-order valence-corrected chi connectivity index (χ2v) is 10.6. The van der Waals surface area contributed by atoms with Crippen LogP contribution in [0, 0.1) is 17.2 Å². The van der Waals surface area contributed by atoms with E-state index in [9.17, 15) is 24.6 Å². The van der Waals surface area contributed by atoms with Gasteiger partial charge in [0.05, 0.1) is 30.4 Å². The normalized spacial score (nSPS) is 35.6. The van der Waals surface area contributed by atoms with Crippen LogP contribution in [-0.4, -0.2) is 105 Å². The third-order valence-corrected chi connectivity index (χ3v) is 8.66. The number of carbonyl (C=O) groups excluding carboxylic acids is 2. The molecule has 0 spiro atoms. The molecule has 0 saturated carbocycles. The molecule has 0 radical (unpaired) electrons. The maximum Gasteiger partial charge on any atom is 0.353 e. The van der Waals surface area contributed by atoms with Crippen LogP contribution in [0.2, 0.25) is 0 Å². The lowest BCUT2D eigenvalue weighted by Crippen LogP contribution is -2.63. The predicted molar refractivity (Wildman–Crippen MR) is 119 cm³/mol. The number of rotatable bonds is 6. The fourth-order valence-corrected chi connectivity index (χ4v) is 6.90. The molecule has 4 heterocycles. The Kier molecular flexibility index (Phi) is 6.25. The highest BCUT2D eigenvalue weighted by molar-refractivity contribution is 8.03. The van der Waals surface area contributed by atoms with Crippen molar-refractivity contribution < 1.29 is 24.6 Å². The van der Waals surface area contributed by atoms with Crippen molar-refractivity contribution in [3.8, 4) is 0 Å². The SMILES string of the molecule is CC(O)C1C(=O)N2C(C(=O)O)=C(SC3CNC(C(=O)N4CCN(C=N)C(C)C4)C3)C(C)C12. The second kappa shape index (κ2) is 8.68. The molecule has 7 atom stereocenters. The lowest BCUT2D eigenvalue weighted by molar-refractivity contribution is -0.163. The molecule has 11 heteroatoms. The molecule has 0 aromatic carbocycles. The fraction of sp³-hybridized carbons (Fsp3) is 0.714. The molecule has 3 saturated heterocycles. The van der Waals surface area contributed by atoms with Gasteiger partial charge in [-0.2, -0.15) is 0 Å². The topological polar surface area (TPSA) is 137 Å². The molecule has 176 valence electrons.